The fraction of sp³-hybridized carbons (Fsp3) is 0.333. The number of para-hydroxylation sites is 1. The van der Waals surface area contributed by atoms with Crippen LogP contribution in [0.4, 0.5) is 11.4 Å². The van der Waals surface area contributed by atoms with Crippen molar-refractivity contribution in [1.82, 2.24) is 0 Å². The minimum atomic E-state index is -0.622. The summed E-state index contributed by atoms with van der Waals surface area (Å²) in [6.07, 6.45) is 0.780. The van der Waals surface area contributed by atoms with Crippen molar-refractivity contribution >= 4 is 35.1 Å². The maximum atomic E-state index is 12.4. The first-order chi connectivity index (χ1) is 15.4. The van der Waals surface area contributed by atoms with E-state index in [0.29, 0.717) is 17.9 Å². The third kappa shape index (κ3) is 5.72. The van der Waals surface area contributed by atoms with E-state index >= 15 is 0 Å². The van der Waals surface area contributed by atoms with Crippen LogP contribution in [0.5, 0.6) is 0 Å². The average Bonchev–Trinajstić information content (AvgIpc) is 3.18. The van der Waals surface area contributed by atoms with E-state index in [1.54, 1.807) is 29.2 Å². The summed E-state index contributed by atoms with van der Waals surface area (Å²) in [5.41, 5.74) is 2.55. The molecule has 8 nitrogen and oxygen atoms in total. The predicted molar refractivity (Wildman–Crippen MR) is 118 cm³/mol. The van der Waals surface area contributed by atoms with E-state index in [0.717, 1.165) is 17.7 Å². The lowest BCUT2D eigenvalue weighted by molar-refractivity contribution is -0.151. The minimum Gasteiger partial charge on any atom is -0.462 e. The van der Waals surface area contributed by atoms with Gasteiger partial charge in [-0.2, -0.15) is 0 Å². The number of ether oxygens (including phenoxy) is 2. The topological polar surface area (TPSA) is 102 Å². The molecule has 0 radical (unpaired) electrons. The maximum absolute atomic E-state index is 12.4. The van der Waals surface area contributed by atoms with Crippen LogP contribution >= 0.6 is 0 Å². The van der Waals surface area contributed by atoms with Crippen molar-refractivity contribution in [3.05, 3.63) is 59.7 Å². The third-order valence-electron chi connectivity index (χ3n) is 5.05. The van der Waals surface area contributed by atoms with Gasteiger partial charge in [0.15, 0.2) is 6.61 Å². The Morgan fingerprint density at radius 3 is 2.47 bits per heavy atom. The number of nitrogens with zero attached hydrogens (tertiary/aromatic N) is 1. The number of aryl methyl sites for hydroxylation is 1. The molecule has 2 aromatic carbocycles. The van der Waals surface area contributed by atoms with Crippen molar-refractivity contribution in [2.24, 2.45) is 5.92 Å². The summed E-state index contributed by atoms with van der Waals surface area (Å²) in [7, 11) is 0. The van der Waals surface area contributed by atoms with E-state index in [1.807, 2.05) is 38.1 Å². The van der Waals surface area contributed by atoms with Crippen LogP contribution in [-0.4, -0.2) is 43.5 Å². The molecule has 2 aromatic rings. The van der Waals surface area contributed by atoms with E-state index in [2.05, 4.69) is 5.32 Å². The number of esters is 2. The molecule has 1 atom stereocenters. The Kier molecular flexibility index (Phi) is 7.59. The lowest BCUT2D eigenvalue weighted by Crippen LogP contribution is -2.28. The summed E-state index contributed by atoms with van der Waals surface area (Å²) in [6, 6.07) is 13.7. The van der Waals surface area contributed by atoms with Gasteiger partial charge in [0.2, 0.25) is 5.91 Å². The first kappa shape index (κ1) is 23.0. The second kappa shape index (κ2) is 10.6. The molecule has 32 heavy (non-hydrogen) atoms. The standard InChI is InChI=1S/C24H26N2O6/c1-3-12-31-23(29)17-8-10-19(11-9-17)25-21(27)15-32-24(30)18-13-22(28)26(14-18)20-7-5-4-6-16(20)2/h4-11,18H,3,12-15H2,1-2H3,(H,25,27)/t18-/m1/s1. The number of amides is 2. The van der Waals surface area contributed by atoms with Gasteiger partial charge in [-0.15, -0.1) is 0 Å². The van der Waals surface area contributed by atoms with Gasteiger partial charge < -0.3 is 19.7 Å². The van der Waals surface area contributed by atoms with Crippen molar-refractivity contribution in [2.45, 2.75) is 26.7 Å². The Morgan fingerprint density at radius 2 is 1.78 bits per heavy atom. The van der Waals surface area contributed by atoms with Gasteiger partial charge in [-0.3, -0.25) is 14.4 Å². The lowest BCUT2D eigenvalue weighted by Gasteiger charge is -2.18. The molecular formula is C24H26N2O6. The van der Waals surface area contributed by atoms with Gasteiger partial charge in [0.1, 0.15) is 0 Å². The summed E-state index contributed by atoms with van der Waals surface area (Å²) in [5.74, 6) is -2.30. The van der Waals surface area contributed by atoms with Crippen molar-refractivity contribution in [1.29, 1.82) is 0 Å². The number of anilines is 2. The average molecular weight is 438 g/mol. The van der Waals surface area contributed by atoms with Gasteiger partial charge >= 0.3 is 11.9 Å². The molecule has 1 aliphatic rings. The number of hydrogen-bond donors (Lipinski definition) is 1. The zero-order chi connectivity index (χ0) is 23.1. The Morgan fingerprint density at radius 1 is 1.06 bits per heavy atom. The third-order valence-corrected chi connectivity index (χ3v) is 5.05. The van der Waals surface area contributed by atoms with Crippen LogP contribution < -0.4 is 10.2 Å². The molecule has 2 amide bonds. The molecule has 0 aliphatic carbocycles. The van der Waals surface area contributed by atoms with Gasteiger partial charge in [0, 0.05) is 24.3 Å². The Balaban J connectivity index is 1.48. The second-order valence-electron chi connectivity index (χ2n) is 7.56. The van der Waals surface area contributed by atoms with E-state index < -0.39 is 30.4 Å². The number of carbonyl (C=O) groups excluding carboxylic acids is 4. The molecule has 1 N–H and O–H groups in total. The molecule has 1 fully saturated rings. The minimum absolute atomic E-state index is 0.0460. The van der Waals surface area contributed by atoms with Crippen LogP contribution in [0, 0.1) is 12.8 Å². The number of carbonyl (C=O) groups is 4. The van der Waals surface area contributed by atoms with Gasteiger partial charge in [0.05, 0.1) is 18.1 Å². The summed E-state index contributed by atoms with van der Waals surface area (Å²) >= 11 is 0. The predicted octanol–water partition coefficient (Wildman–Crippen LogP) is 3.10. The molecule has 0 saturated carbocycles. The monoisotopic (exact) mass is 438 g/mol. The van der Waals surface area contributed by atoms with Gasteiger partial charge in [-0.25, -0.2) is 4.79 Å². The smallest absolute Gasteiger partial charge is 0.338 e. The van der Waals surface area contributed by atoms with Crippen molar-refractivity contribution in [3.63, 3.8) is 0 Å². The molecule has 1 saturated heterocycles. The van der Waals surface area contributed by atoms with Crippen LogP contribution in [-0.2, 0) is 23.9 Å². The van der Waals surface area contributed by atoms with Crippen molar-refractivity contribution < 1.29 is 28.7 Å². The van der Waals surface area contributed by atoms with E-state index in [4.69, 9.17) is 9.47 Å². The lowest BCUT2D eigenvalue weighted by atomic mass is 10.1. The zero-order valence-electron chi connectivity index (χ0n) is 18.1. The quantitative estimate of drug-likeness (QED) is 0.636. The number of hydrogen-bond acceptors (Lipinski definition) is 6. The molecule has 3 rings (SSSR count). The van der Waals surface area contributed by atoms with E-state index in [1.165, 1.54) is 0 Å². The molecule has 1 aliphatic heterocycles. The van der Waals surface area contributed by atoms with E-state index in [9.17, 15) is 19.2 Å². The first-order valence-electron chi connectivity index (χ1n) is 10.5. The zero-order valence-corrected chi connectivity index (χ0v) is 18.1. The number of benzene rings is 2. The highest BCUT2D eigenvalue weighted by molar-refractivity contribution is 6.00. The highest BCUT2D eigenvalue weighted by Crippen LogP contribution is 2.28. The van der Waals surface area contributed by atoms with Crippen LogP contribution in [0.25, 0.3) is 0 Å². The largest absolute Gasteiger partial charge is 0.462 e. The highest BCUT2D eigenvalue weighted by Gasteiger charge is 2.36. The number of rotatable bonds is 8. The van der Waals surface area contributed by atoms with Crippen molar-refractivity contribution in [2.75, 3.05) is 30.0 Å². The van der Waals surface area contributed by atoms with Crippen LogP contribution in [0.15, 0.2) is 48.5 Å². The van der Waals surface area contributed by atoms with Crippen molar-refractivity contribution in [3.8, 4) is 0 Å². The van der Waals surface area contributed by atoms with Crippen LogP contribution in [0.2, 0.25) is 0 Å². The maximum Gasteiger partial charge on any atom is 0.338 e. The molecule has 0 aromatic heterocycles. The van der Waals surface area contributed by atoms with Gasteiger partial charge in [0.25, 0.3) is 5.91 Å². The molecule has 0 unspecified atom stereocenters. The fourth-order valence-corrected chi connectivity index (χ4v) is 3.38. The molecule has 0 bridgehead atoms. The Bertz CT molecular complexity index is 1000. The molecule has 168 valence electrons. The highest BCUT2D eigenvalue weighted by atomic mass is 16.5. The van der Waals surface area contributed by atoms with Gasteiger partial charge in [-0.05, 0) is 49.2 Å². The Hall–Kier alpha value is -3.68. The summed E-state index contributed by atoms with van der Waals surface area (Å²) in [4.78, 5) is 50.3. The molecule has 0 spiro atoms. The van der Waals surface area contributed by atoms with Crippen LogP contribution in [0.1, 0.15) is 35.7 Å². The summed E-state index contributed by atoms with van der Waals surface area (Å²) in [5, 5.41) is 2.60. The van der Waals surface area contributed by atoms with E-state index in [-0.39, 0.29) is 18.9 Å². The normalized spacial score (nSPS) is 15.4. The molecule has 8 heteroatoms. The second-order valence-corrected chi connectivity index (χ2v) is 7.56. The molecular weight excluding hydrogens is 412 g/mol. The number of nitrogens with one attached hydrogen (secondary N) is 1. The summed E-state index contributed by atoms with van der Waals surface area (Å²) in [6.45, 7) is 3.91. The van der Waals surface area contributed by atoms with Crippen LogP contribution in [0.3, 0.4) is 0 Å². The van der Waals surface area contributed by atoms with Gasteiger partial charge in [-0.1, -0.05) is 25.1 Å². The Labute approximate surface area is 186 Å². The fourth-order valence-electron chi connectivity index (χ4n) is 3.38. The SMILES string of the molecule is CCCOC(=O)c1ccc(NC(=O)COC(=O)[C@@H]2CC(=O)N(c3ccccc3C)C2)cc1. The first-order valence-corrected chi connectivity index (χ1v) is 10.5. The summed E-state index contributed by atoms with van der Waals surface area (Å²) < 4.78 is 10.2. The molecule has 1 heterocycles.